The number of anilines is 1. The summed E-state index contributed by atoms with van der Waals surface area (Å²) in [6.07, 6.45) is -0.0852. The van der Waals surface area contributed by atoms with E-state index in [1.807, 2.05) is 48.5 Å². The van der Waals surface area contributed by atoms with E-state index in [1.165, 1.54) is 13.3 Å². The van der Waals surface area contributed by atoms with Crippen LogP contribution in [0.15, 0.2) is 12.7 Å². The van der Waals surface area contributed by atoms with Crippen molar-refractivity contribution in [1.29, 1.82) is 0 Å². The number of hydrogen-bond acceptors (Lipinski definition) is 16. The number of nitrogens with zero attached hydrogens (tertiary/aromatic N) is 4. The van der Waals surface area contributed by atoms with Gasteiger partial charge in [0.1, 0.15) is 55.2 Å². The van der Waals surface area contributed by atoms with Crippen LogP contribution < -0.4 is 16.4 Å². The van der Waals surface area contributed by atoms with Crippen LogP contribution in [0.25, 0.3) is 11.2 Å². The summed E-state index contributed by atoms with van der Waals surface area (Å²) in [5.74, 6) is -0.0279. The first-order chi connectivity index (χ1) is 26.8. The lowest BCUT2D eigenvalue weighted by Crippen LogP contribution is -2.63. The van der Waals surface area contributed by atoms with Crippen molar-refractivity contribution in [2.24, 2.45) is 0 Å². The summed E-state index contributed by atoms with van der Waals surface area (Å²) in [5.41, 5.74) is 7.03. The molecule has 2 saturated heterocycles. The van der Waals surface area contributed by atoms with Crippen LogP contribution in [0.2, 0.25) is 0 Å². The largest absolute Gasteiger partial charge is 0.388 e. The number of nitrogens with one attached hydrogen (secondary N) is 2. The monoisotopic (exact) mass is 799 g/mol. The summed E-state index contributed by atoms with van der Waals surface area (Å²) in [4.78, 5) is 35.4. The van der Waals surface area contributed by atoms with Gasteiger partial charge in [0.05, 0.1) is 44.5 Å². The number of ether oxygens (including phenoxy) is 8. The van der Waals surface area contributed by atoms with Crippen LogP contribution in [0.4, 0.5) is 5.82 Å². The zero-order valence-corrected chi connectivity index (χ0v) is 34.1. The zero-order chi connectivity index (χ0) is 41.2. The molecule has 2 aliphatic heterocycles. The molecule has 0 saturated carbocycles. The Morgan fingerprint density at radius 3 is 2.34 bits per heavy atom. The summed E-state index contributed by atoms with van der Waals surface area (Å²) in [6, 6.07) is -0.830. The van der Waals surface area contributed by atoms with Gasteiger partial charge in [-0.3, -0.25) is 14.2 Å². The fourth-order valence-corrected chi connectivity index (χ4v) is 6.19. The highest BCUT2D eigenvalue weighted by Crippen LogP contribution is 2.36. The number of carbonyl (C=O) groups excluding carboxylic acids is 2. The number of nitrogen functional groups attached to an aromatic ring is 1. The van der Waals surface area contributed by atoms with Gasteiger partial charge < -0.3 is 64.5 Å². The van der Waals surface area contributed by atoms with Gasteiger partial charge in [0.15, 0.2) is 24.0 Å². The number of hydrogen-bond donors (Lipinski definition) is 5. The lowest BCUT2D eigenvalue weighted by atomic mass is 9.95. The maximum Gasteiger partial charge on any atom is 0.219 e. The number of aliphatic hydroxyl groups excluding tert-OH is 2. The molecule has 6 N–H and O–H groups in total. The second-order valence-electron chi connectivity index (χ2n) is 14.0. The molecule has 2 fully saturated rings. The number of carbonyl (C=O) groups is 2. The Morgan fingerprint density at radius 1 is 0.929 bits per heavy atom. The Labute approximate surface area is 329 Å². The highest BCUT2D eigenvalue weighted by atomic mass is 16.7. The molecule has 19 nitrogen and oxygen atoms in total. The van der Waals surface area contributed by atoms with Gasteiger partial charge in [0, 0.05) is 33.1 Å². The molecule has 0 aliphatic carbocycles. The van der Waals surface area contributed by atoms with E-state index in [4.69, 9.17) is 43.6 Å². The van der Waals surface area contributed by atoms with Gasteiger partial charge >= 0.3 is 0 Å². The van der Waals surface area contributed by atoms with E-state index in [-0.39, 0.29) is 43.0 Å². The molecule has 19 heteroatoms. The van der Waals surface area contributed by atoms with Crippen LogP contribution >= 0.6 is 0 Å². The van der Waals surface area contributed by atoms with E-state index in [2.05, 4.69) is 25.6 Å². The third kappa shape index (κ3) is 14.4. The summed E-state index contributed by atoms with van der Waals surface area (Å²) in [6.45, 7) is 17.8. The quantitative estimate of drug-likeness (QED) is 0.0839. The van der Waals surface area contributed by atoms with Crippen molar-refractivity contribution in [1.82, 2.24) is 30.2 Å². The van der Waals surface area contributed by atoms with Crippen molar-refractivity contribution in [2.45, 2.75) is 148 Å². The Bertz CT molecular complexity index is 1440. The maximum atomic E-state index is 11.4. The van der Waals surface area contributed by atoms with Gasteiger partial charge in [0.2, 0.25) is 11.8 Å². The molecule has 2 aromatic heterocycles. The SMILES string of the molecule is CCNC(=O)CCCCO[C@@H]1O[C@H](CC)[C@H](O)[C@H](O)[C@H]1NC(C)=O.CCOCCOCO[C@@H]1[C@H](OC(C)C)[C@@H](COC(C)C)O[C@H]1n1cnc2c(N)ncnc21. The molecule has 0 unspecified atom stereocenters. The van der Waals surface area contributed by atoms with E-state index in [9.17, 15) is 19.8 Å². The van der Waals surface area contributed by atoms with Crippen molar-refractivity contribution in [2.75, 3.05) is 52.1 Å². The minimum Gasteiger partial charge on any atom is -0.388 e. The average Bonchev–Trinajstić information content (AvgIpc) is 3.73. The predicted molar refractivity (Wildman–Crippen MR) is 204 cm³/mol. The normalized spacial score (nSPS) is 26.4. The molecule has 320 valence electrons. The molecule has 2 aromatic rings. The Hall–Kier alpha value is -3.11. The molecule has 0 radical (unpaired) electrons. The molecule has 4 rings (SSSR count). The van der Waals surface area contributed by atoms with Gasteiger partial charge in [0.25, 0.3) is 0 Å². The molecular weight excluding hydrogens is 734 g/mol. The minimum absolute atomic E-state index is 0.00660. The molecule has 2 amide bonds. The van der Waals surface area contributed by atoms with Crippen molar-refractivity contribution in [3.63, 3.8) is 0 Å². The van der Waals surface area contributed by atoms with E-state index in [1.54, 1.807) is 10.9 Å². The highest BCUT2D eigenvalue weighted by Gasteiger charge is 2.49. The van der Waals surface area contributed by atoms with Gasteiger partial charge in [-0.25, -0.2) is 15.0 Å². The molecule has 9 atom stereocenters. The van der Waals surface area contributed by atoms with Crippen molar-refractivity contribution in [3.05, 3.63) is 12.7 Å². The van der Waals surface area contributed by atoms with Crippen LogP contribution in [0.3, 0.4) is 0 Å². The summed E-state index contributed by atoms with van der Waals surface area (Å²) < 4.78 is 48.6. The Balaban J connectivity index is 0.000000314. The number of amides is 2. The number of nitrogens with two attached hydrogens (primary N) is 1. The van der Waals surface area contributed by atoms with E-state index < -0.39 is 43.0 Å². The second kappa shape index (κ2) is 24.6. The Morgan fingerprint density at radius 2 is 1.68 bits per heavy atom. The predicted octanol–water partition coefficient (Wildman–Crippen LogP) is 1.59. The standard InChI is InChI=1S/C21H35N5O6.C16H30N2O6/c1-6-27-7-8-28-12-30-18-17(31-14(4)5)15(9-29-13(2)3)32-21(18)26-11-25-16-19(22)23-10-24-20(16)26;1-4-11-14(21)15(22)13(18-10(3)19)16(24-11)23-9-7-6-8-12(20)17-5-2/h10-11,13-15,17-18,21H,6-9,12H2,1-5H3,(H2,22,23,24);11,13-16,21-22H,4-9H2,1-3H3,(H,17,20)(H,18,19)/t15-,17-,18-,21-;11-,13-,14+,15-,16-/m11/s1. The molecule has 2 aliphatic rings. The lowest BCUT2D eigenvalue weighted by molar-refractivity contribution is -0.265. The fraction of sp³-hybridized carbons (Fsp3) is 0.811. The number of aromatic nitrogens is 4. The third-order valence-electron chi connectivity index (χ3n) is 8.82. The molecule has 56 heavy (non-hydrogen) atoms. The molecule has 4 heterocycles. The molecular formula is C37H65N7O12. The van der Waals surface area contributed by atoms with Gasteiger partial charge in [-0.1, -0.05) is 6.92 Å². The number of aliphatic hydroxyl groups is 2. The molecule has 0 aromatic carbocycles. The summed E-state index contributed by atoms with van der Waals surface area (Å²) in [7, 11) is 0. The van der Waals surface area contributed by atoms with Crippen molar-refractivity contribution >= 4 is 28.8 Å². The number of rotatable bonds is 22. The first kappa shape index (κ1) is 47.3. The van der Waals surface area contributed by atoms with Crippen molar-refractivity contribution < 1.29 is 57.7 Å². The van der Waals surface area contributed by atoms with Crippen LogP contribution in [0.5, 0.6) is 0 Å². The topological polar surface area (TPSA) is 242 Å². The maximum absolute atomic E-state index is 11.4. The lowest BCUT2D eigenvalue weighted by Gasteiger charge is -2.42. The third-order valence-corrected chi connectivity index (χ3v) is 8.82. The summed E-state index contributed by atoms with van der Waals surface area (Å²) in [5, 5.41) is 25.5. The van der Waals surface area contributed by atoms with Crippen LogP contribution in [0, 0.1) is 0 Å². The molecule has 0 bridgehead atoms. The van der Waals surface area contributed by atoms with Crippen LogP contribution in [-0.4, -0.2) is 149 Å². The van der Waals surface area contributed by atoms with Gasteiger partial charge in [-0.15, -0.1) is 0 Å². The van der Waals surface area contributed by atoms with Crippen molar-refractivity contribution in [3.8, 4) is 0 Å². The van der Waals surface area contributed by atoms with E-state index >= 15 is 0 Å². The van der Waals surface area contributed by atoms with E-state index in [0.717, 1.165) is 0 Å². The van der Waals surface area contributed by atoms with Crippen LogP contribution in [0.1, 0.15) is 87.3 Å². The first-order valence-corrected chi connectivity index (χ1v) is 19.6. The number of imidazole rings is 1. The number of fused-ring (bicyclic) bond motifs is 1. The second-order valence-corrected chi connectivity index (χ2v) is 14.0. The smallest absolute Gasteiger partial charge is 0.219 e. The van der Waals surface area contributed by atoms with E-state index in [0.29, 0.717) is 82.2 Å². The highest BCUT2D eigenvalue weighted by molar-refractivity contribution is 5.81. The first-order valence-electron chi connectivity index (χ1n) is 19.6. The fourth-order valence-electron chi connectivity index (χ4n) is 6.19. The van der Waals surface area contributed by atoms with Crippen LogP contribution in [-0.2, 0) is 47.5 Å². The summed E-state index contributed by atoms with van der Waals surface area (Å²) >= 11 is 0. The Kier molecular flexibility index (Phi) is 20.8. The minimum atomic E-state index is -1.16. The number of unbranched alkanes of at least 4 members (excludes halogenated alkanes) is 1. The average molecular weight is 800 g/mol. The van der Waals surface area contributed by atoms with Gasteiger partial charge in [-0.05, 0) is 60.8 Å². The zero-order valence-electron chi connectivity index (χ0n) is 34.1. The molecule has 0 spiro atoms. The van der Waals surface area contributed by atoms with Gasteiger partial charge in [-0.2, -0.15) is 0 Å².